The molecule has 0 radical (unpaired) electrons. The second-order valence-corrected chi connectivity index (χ2v) is 13.0. The molecule has 3 heterocycles. The van der Waals surface area contributed by atoms with Crippen molar-refractivity contribution in [2.45, 2.75) is 40.2 Å². The number of hydrogen-bond donors (Lipinski definition) is 2. The van der Waals surface area contributed by atoms with E-state index in [0.29, 0.717) is 0 Å². The van der Waals surface area contributed by atoms with Crippen LogP contribution in [-0.2, 0) is 27.2 Å². The van der Waals surface area contributed by atoms with E-state index in [1.54, 1.807) is 0 Å². The molecule has 0 aromatic rings. The van der Waals surface area contributed by atoms with E-state index in [4.69, 9.17) is 18.1 Å². The van der Waals surface area contributed by atoms with E-state index in [2.05, 4.69) is 0 Å². The second kappa shape index (κ2) is 7.32. The first-order valence-electron chi connectivity index (χ1n) is 8.95. The van der Waals surface area contributed by atoms with E-state index in [0.717, 1.165) is 9.80 Å². The monoisotopic (exact) mass is 442 g/mol. The Labute approximate surface area is 163 Å². The van der Waals surface area contributed by atoms with E-state index in [1.165, 1.54) is 0 Å². The lowest BCUT2D eigenvalue weighted by Gasteiger charge is -2.36. The maximum Gasteiger partial charge on any atom is 0.350 e. The van der Waals surface area contributed by atoms with Crippen molar-refractivity contribution in [2.24, 2.45) is 10.8 Å². The Morgan fingerprint density at radius 1 is 0.821 bits per heavy atom. The Kier molecular flexibility index (Phi) is 5.80. The third-order valence-electron chi connectivity index (χ3n) is 4.66. The molecular formula is C15H28N2O9P2. The predicted octanol–water partition coefficient (Wildman–Crippen LogP) is 1.81. The van der Waals surface area contributed by atoms with Gasteiger partial charge in [0.2, 0.25) is 0 Å². The molecule has 28 heavy (non-hydrogen) atoms. The minimum Gasteiger partial charge on any atom is -0.369 e. The molecule has 3 rings (SSSR count). The molecule has 162 valence electrons. The van der Waals surface area contributed by atoms with Crippen molar-refractivity contribution in [3.05, 3.63) is 0 Å². The molecule has 2 amide bonds. The Hall–Kier alpha value is -0.510. The van der Waals surface area contributed by atoms with Crippen LogP contribution in [0.4, 0.5) is 4.79 Å². The van der Waals surface area contributed by atoms with Crippen LogP contribution in [-0.4, -0.2) is 77.5 Å². The maximum atomic E-state index is 12.8. The Bertz CT molecular complexity index is 642. The molecule has 0 aromatic carbocycles. The fraction of sp³-hybridized carbons (Fsp3) is 0.933. The molecule has 0 spiro atoms. The molecule has 3 fully saturated rings. The highest BCUT2D eigenvalue weighted by Crippen LogP contribution is 2.57. The van der Waals surface area contributed by atoms with Gasteiger partial charge in [0.1, 0.15) is 12.6 Å². The van der Waals surface area contributed by atoms with Gasteiger partial charge in [0.05, 0.1) is 26.4 Å². The number of urea groups is 1. The number of nitrogens with zero attached hydrogens (tertiary/aromatic N) is 2. The van der Waals surface area contributed by atoms with Crippen LogP contribution < -0.4 is 0 Å². The summed E-state index contributed by atoms with van der Waals surface area (Å²) in [4.78, 5) is 14.2. The maximum absolute atomic E-state index is 12.8. The molecule has 3 aliphatic heterocycles. The van der Waals surface area contributed by atoms with Gasteiger partial charge in [-0.25, -0.2) is 4.79 Å². The van der Waals surface area contributed by atoms with Crippen LogP contribution in [0.2, 0.25) is 0 Å². The molecule has 2 unspecified atom stereocenters. The van der Waals surface area contributed by atoms with Crippen molar-refractivity contribution in [2.75, 3.05) is 39.0 Å². The van der Waals surface area contributed by atoms with E-state index in [-0.39, 0.29) is 37.3 Å². The lowest BCUT2D eigenvalue weighted by atomic mass is 9.97. The van der Waals surface area contributed by atoms with Gasteiger partial charge >= 0.3 is 21.2 Å². The topological polar surface area (TPSA) is 135 Å². The third kappa shape index (κ3) is 4.63. The van der Waals surface area contributed by atoms with Crippen LogP contribution in [0.15, 0.2) is 0 Å². The molecule has 2 atom stereocenters. The summed E-state index contributed by atoms with van der Waals surface area (Å²) < 4.78 is 46.8. The molecule has 13 heteroatoms. The van der Waals surface area contributed by atoms with Crippen molar-refractivity contribution in [3.8, 4) is 0 Å². The Morgan fingerprint density at radius 3 is 1.39 bits per heavy atom. The van der Waals surface area contributed by atoms with Crippen molar-refractivity contribution in [1.29, 1.82) is 0 Å². The van der Waals surface area contributed by atoms with E-state index in [9.17, 15) is 24.1 Å². The fourth-order valence-corrected chi connectivity index (χ4v) is 6.77. The van der Waals surface area contributed by atoms with Crippen molar-refractivity contribution in [1.82, 2.24) is 9.80 Å². The fourth-order valence-electron chi connectivity index (χ4n) is 2.79. The minimum absolute atomic E-state index is 0.168. The third-order valence-corrected chi connectivity index (χ3v) is 8.05. The summed E-state index contributed by atoms with van der Waals surface area (Å²) >= 11 is 0. The van der Waals surface area contributed by atoms with E-state index in [1.807, 2.05) is 27.7 Å². The van der Waals surface area contributed by atoms with Gasteiger partial charge in [-0.2, -0.15) is 0 Å². The zero-order chi connectivity index (χ0) is 21.0. The summed E-state index contributed by atoms with van der Waals surface area (Å²) in [5.41, 5.74) is -0.647. The standard InChI is InChI=1S/C15H28N2O9P2/c1-14(2)5-23-27(21,24-6-14)9-16-11(18)12(19)17(13(16)20)10-28(22)25-7-15(3,4)8-26-28/h11-12,18-19H,5-10H2,1-4H3. The first-order valence-corrected chi connectivity index (χ1v) is 12.4. The summed E-state index contributed by atoms with van der Waals surface area (Å²) in [6.07, 6.45) is -4.44. The molecular weight excluding hydrogens is 414 g/mol. The van der Waals surface area contributed by atoms with Gasteiger partial charge in [-0.15, -0.1) is 0 Å². The smallest absolute Gasteiger partial charge is 0.350 e. The summed E-state index contributed by atoms with van der Waals surface area (Å²) in [6.45, 7) is 8.17. The molecule has 0 aliphatic carbocycles. The van der Waals surface area contributed by atoms with Crippen molar-refractivity contribution >= 4 is 21.2 Å². The highest BCUT2D eigenvalue weighted by molar-refractivity contribution is 7.54. The van der Waals surface area contributed by atoms with E-state index < -0.39 is 46.3 Å². The number of carbonyl (C=O) groups is 1. The van der Waals surface area contributed by atoms with Crippen LogP contribution in [0.25, 0.3) is 0 Å². The quantitative estimate of drug-likeness (QED) is 0.625. The zero-order valence-corrected chi connectivity index (χ0v) is 18.2. The number of aliphatic hydroxyl groups excluding tert-OH is 2. The van der Waals surface area contributed by atoms with Crippen LogP contribution in [0.5, 0.6) is 0 Å². The molecule has 3 saturated heterocycles. The predicted molar refractivity (Wildman–Crippen MR) is 97.4 cm³/mol. The highest BCUT2D eigenvalue weighted by Gasteiger charge is 2.51. The Balaban J connectivity index is 1.67. The zero-order valence-electron chi connectivity index (χ0n) is 16.4. The average Bonchev–Trinajstić information content (AvgIpc) is 2.79. The van der Waals surface area contributed by atoms with Crippen molar-refractivity contribution in [3.63, 3.8) is 0 Å². The van der Waals surface area contributed by atoms with Crippen molar-refractivity contribution < 1.29 is 42.2 Å². The second-order valence-electron chi connectivity index (χ2n) is 8.98. The summed E-state index contributed by atoms with van der Waals surface area (Å²) in [6, 6.07) is -0.862. The summed E-state index contributed by atoms with van der Waals surface area (Å²) in [7, 11) is -7.34. The number of hydrogen-bond acceptors (Lipinski definition) is 9. The number of carbonyl (C=O) groups excluding carboxylic acids is 1. The number of rotatable bonds is 4. The molecule has 0 aromatic heterocycles. The minimum atomic E-state index is -3.67. The molecule has 3 aliphatic rings. The van der Waals surface area contributed by atoms with Crippen LogP contribution >= 0.6 is 15.2 Å². The average molecular weight is 442 g/mol. The molecule has 2 N–H and O–H groups in total. The van der Waals surface area contributed by atoms with Gasteiger partial charge in [-0.1, -0.05) is 27.7 Å². The van der Waals surface area contributed by atoms with Crippen LogP contribution in [0, 0.1) is 10.8 Å². The largest absolute Gasteiger partial charge is 0.369 e. The number of aliphatic hydroxyl groups is 2. The lowest BCUT2D eigenvalue weighted by Crippen LogP contribution is -2.39. The van der Waals surface area contributed by atoms with Gasteiger partial charge in [0.15, 0.2) is 12.5 Å². The Morgan fingerprint density at radius 2 is 1.11 bits per heavy atom. The normalized spacial score (nSPS) is 33.9. The number of amides is 2. The SMILES string of the molecule is CC1(C)COP(=O)(CN2C(=O)N(CP3(=O)OCC(C)(C)CO3)C(O)C2O)OC1. The summed E-state index contributed by atoms with van der Waals surface area (Å²) in [5, 5.41) is 20.5. The molecule has 0 bridgehead atoms. The lowest BCUT2D eigenvalue weighted by molar-refractivity contribution is -0.0636. The van der Waals surface area contributed by atoms with E-state index >= 15 is 0 Å². The van der Waals surface area contributed by atoms with Crippen LogP contribution in [0.1, 0.15) is 27.7 Å². The van der Waals surface area contributed by atoms with Gasteiger partial charge in [0.25, 0.3) is 0 Å². The van der Waals surface area contributed by atoms with Gasteiger partial charge in [0, 0.05) is 10.8 Å². The summed E-state index contributed by atoms with van der Waals surface area (Å²) in [5.74, 6) is 0. The van der Waals surface area contributed by atoms with Gasteiger partial charge in [-0.05, 0) is 0 Å². The molecule has 11 nitrogen and oxygen atoms in total. The first kappa shape index (κ1) is 22.2. The van der Waals surface area contributed by atoms with Crippen LogP contribution in [0.3, 0.4) is 0 Å². The molecule has 0 saturated carbocycles. The van der Waals surface area contributed by atoms with Gasteiger partial charge < -0.3 is 28.3 Å². The first-order chi connectivity index (χ1) is 12.8. The highest BCUT2D eigenvalue weighted by atomic mass is 31.2. The van der Waals surface area contributed by atoms with Gasteiger partial charge in [-0.3, -0.25) is 18.9 Å².